The van der Waals surface area contributed by atoms with E-state index in [4.69, 9.17) is 0 Å². The zero-order chi connectivity index (χ0) is 33.2. The Balaban J connectivity index is 1.18. The quantitative estimate of drug-likeness (QED) is 0.190. The molecule has 0 bridgehead atoms. The van der Waals surface area contributed by atoms with Crippen LogP contribution in [0.25, 0.3) is 54.8 Å². The van der Waals surface area contributed by atoms with E-state index in [2.05, 4.69) is 170 Å². The largest absolute Gasteiger partial charge is 0.354 e. The number of aryl methyl sites for hydroxylation is 1. The van der Waals surface area contributed by atoms with Crippen LogP contribution in [-0.4, -0.2) is 12.3 Å². The molecule has 50 heavy (non-hydrogen) atoms. The highest BCUT2D eigenvalue weighted by atomic mass is 15.2. The number of allylic oxidation sites excluding steroid dienone is 8. The van der Waals surface area contributed by atoms with E-state index >= 15 is 0 Å². The molecule has 2 heterocycles. The highest BCUT2D eigenvalue weighted by molar-refractivity contribution is 6.73. The van der Waals surface area contributed by atoms with Crippen molar-refractivity contribution in [2.45, 2.75) is 32.6 Å². The summed E-state index contributed by atoms with van der Waals surface area (Å²) in [6.45, 7) is 2.24. The van der Waals surface area contributed by atoms with E-state index in [9.17, 15) is 0 Å². The summed E-state index contributed by atoms with van der Waals surface area (Å²) in [7, 11) is 2.43. The summed E-state index contributed by atoms with van der Waals surface area (Å²) in [5, 5.41) is 5.05. The van der Waals surface area contributed by atoms with Crippen LogP contribution >= 0.6 is 0 Å². The smallest absolute Gasteiger partial charge is 0.197 e. The lowest BCUT2D eigenvalue weighted by atomic mass is 9.57. The number of nitrogens with one attached hydrogen (secondary N) is 1. The Morgan fingerprint density at radius 3 is 2.34 bits per heavy atom. The number of anilines is 2. The Morgan fingerprint density at radius 1 is 0.660 bits per heavy atom. The SMILES string of the molecule is Cc1cc(-c2cccc3c2[nH]c2cc4ccccc4cc23)c2c(c1)N(C1=CC=C(C3=CCCC=C3)CC1)c1ccc(-c3ccccc3)cc1[B]2. The van der Waals surface area contributed by atoms with Crippen molar-refractivity contribution in [3.63, 3.8) is 0 Å². The van der Waals surface area contributed by atoms with Gasteiger partial charge in [0, 0.05) is 38.9 Å². The van der Waals surface area contributed by atoms with Gasteiger partial charge in [-0.3, -0.25) is 0 Å². The highest BCUT2D eigenvalue weighted by Crippen LogP contribution is 2.41. The number of aromatic nitrogens is 1. The predicted octanol–water partition coefficient (Wildman–Crippen LogP) is 11.1. The van der Waals surface area contributed by atoms with Crippen LogP contribution in [0.2, 0.25) is 0 Å². The van der Waals surface area contributed by atoms with Crippen molar-refractivity contribution >= 4 is 62.2 Å². The second-order valence-corrected chi connectivity index (χ2v) is 14.0. The fourth-order valence-electron chi connectivity index (χ4n) is 8.36. The van der Waals surface area contributed by atoms with E-state index in [1.165, 1.54) is 99.5 Å². The Morgan fingerprint density at radius 2 is 1.52 bits per heavy atom. The normalized spacial score (nSPS) is 15.4. The van der Waals surface area contributed by atoms with Gasteiger partial charge in [-0.1, -0.05) is 121 Å². The molecule has 0 amide bonds. The summed E-state index contributed by atoms with van der Waals surface area (Å²) in [5.74, 6) is 0. The Hall–Kier alpha value is -5.80. The van der Waals surface area contributed by atoms with Crippen molar-refractivity contribution < 1.29 is 0 Å². The number of fused-ring (bicyclic) bond motifs is 6. The molecule has 3 aliphatic rings. The molecular weight excluding hydrogens is 603 g/mol. The van der Waals surface area contributed by atoms with E-state index < -0.39 is 0 Å². The third-order valence-electron chi connectivity index (χ3n) is 10.8. The van der Waals surface area contributed by atoms with Crippen LogP contribution in [0.15, 0.2) is 162 Å². The molecule has 0 spiro atoms. The summed E-state index contributed by atoms with van der Waals surface area (Å²) in [5.41, 5.74) is 17.7. The van der Waals surface area contributed by atoms with E-state index in [-0.39, 0.29) is 0 Å². The molecule has 2 aliphatic carbocycles. The Bertz CT molecular complexity index is 2630. The molecular formula is C47H36BN2. The number of rotatable bonds is 4. The van der Waals surface area contributed by atoms with Gasteiger partial charge < -0.3 is 9.88 Å². The van der Waals surface area contributed by atoms with Crippen LogP contribution < -0.4 is 15.8 Å². The maximum atomic E-state index is 3.87. The molecule has 1 N–H and O–H groups in total. The molecule has 0 atom stereocenters. The van der Waals surface area contributed by atoms with Crippen molar-refractivity contribution in [3.8, 4) is 22.3 Å². The van der Waals surface area contributed by atoms with Crippen LogP contribution in [0.1, 0.15) is 31.2 Å². The van der Waals surface area contributed by atoms with Gasteiger partial charge in [-0.05, 0) is 113 Å². The number of benzene rings is 6. The third kappa shape index (κ3) is 4.80. The maximum Gasteiger partial charge on any atom is 0.197 e. The van der Waals surface area contributed by atoms with Gasteiger partial charge in [-0.25, -0.2) is 0 Å². The minimum atomic E-state index is 0.991. The Kier molecular flexibility index (Phi) is 6.80. The first-order valence-corrected chi connectivity index (χ1v) is 17.9. The fourth-order valence-corrected chi connectivity index (χ4v) is 8.36. The molecule has 1 aliphatic heterocycles. The summed E-state index contributed by atoms with van der Waals surface area (Å²) in [6.07, 6.45) is 16.1. The first-order chi connectivity index (χ1) is 24.7. The summed E-state index contributed by atoms with van der Waals surface area (Å²) < 4.78 is 0. The van der Waals surface area contributed by atoms with Gasteiger partial charge in [0.05, 0.1) is 5.52 Å². The zero-order valence-electron chi connectivity index (χ0n) is 28.2. The molecule has 3 heteroatoms. The lowest BCUT2D eigenvalue weighted by molar-refractivity contribution is 0.879. The zero-order valence-corrected chi connectivity index (χ0v) is 28.2. The van der Waals surface area contributed by atoms with Gasteiger partial charge >= 0.3 is 0 Å². The molecule has 1 aromatic heterocycles. The first-order valence-electron chi connectivity index (χ1n) is 17.9. The number of hydrogen-bond acceptors (Lipinski definition) is 1. The van der Waals surface area contributed by atoms with Gasteiger partial charge in [-0.2, -0.15) is 0 Å². The van der Waals surface area contributed by atoms with Crippen molar-refractivity contribution in [2.75, 3.05) is 4.90 Å². The molecule has 6 aromatic carbocycles. The summed E-state index contributed by atoms with van der Waals surface area (Å²) in [4.78, 5) is 6.41. The van der Waals surface area contributed by atoms with Crippen LogP contribution in [0, 0.1) is 6.92 Å². The second-order valence-electron chi connectivity index (χ2n) is 14.0. The second kappa shape index (κ2) is 11.7. The van der Waals surface area contributed by atoms with Crippen molar-refractivity contribution in [2.24, 2.45) is 0 Å². The minimum Gasteiger partial charge on any atom is -0.354 e. The molecule has 1 radical (unpaired) electrons. The molecule has 0 saturated heterocycles. The van der Waals surface area contributed by atoms with Crippen LogP contribution in [0.5, 0.6) is 0 Å². The summed E-state index contributed by atoms with van der Waals surface area (Å²) >= 11 is 0. The van der Waals surface area contributed by atoms with Gasteiger partial charge in [-0.15, -0.1) is 0 Å². The topological polar surface area (TPSA) is 19.0 Å². The average molecular weight is 640 g/mol. The standard InChI is InChI=1S/C47H36BN2/c1-30-25-41(39-18-10-17-38-40-27-34-15-8-9-16-35(34)29-43(40)49-47(38)39)46-45(26-30)50(37-22-19-33(20-23-37)31-11-4-2-5-12-31)44-24-21-36(28-42(44)48-46)32-13-6-3-7-14-32/h3-4,6-19,21-22,24-29,49H,2,5,20,23H2,1H3. The number of para-hydroxylation sites is 1. The lowest BCUT2D eigenvalue weighted by Gasteiger charge is -2.37. The lowest BCUT2D eigenvalue weighted by Crippen LogP contribution is -2.42. The maximum absolute atomic E-state index is 3.87. The molecule has 0 saturated carbocycles. The molecule has 2 nitrogen and oxygen atoms in total. The van der Waals surface area contributed by atoms with Gasteiger partial charge in [0.2, 0.25) is 0 Å². The van der Waals surface area contributed by atoms with Crippen LogP contribution in [0.3, 0.4) is 0 Å². The van der Waals surface area contributed by atoms with Crippen molar-refractivity contribution in [1.82, 2.24) is 4.98 Å². The molecule has 0 unspecified atom stereocenters. The minimum absolute atomic E-state index is 0.991. The van der Waals surface area contributed by atoms with Crippen molar-refractivity contribution in [1.29, 1.82) is 0 Å². The fraction of sp³-hybridized carbons (Fsp3) is 0.106. The first kappa shape index (κ1) is 29.1. The molecule has 10 rings (SSSR count). The van der Waals surface area contributed by atoms with Crippen LogP contribution in [0.4, 0.5) is 11.4 Å². The molecule has 237 valence electrons. The van der Waals surface area contributed by atoms with Crippen molar-refractivity contribution in [3.05, 3.63) is 168 Å². The van der Waals surface area contributed by atoms with E-state index in [0.717, 1.165) is 25.7 Å². The predicted molar refractivity (Wildman–Crippen MR) is 214 cm³/mol. The third-order valence-corrected chi connectivity index (χ3v) is 10.8. The summed E-state index contributed by atoms with van der Waals surface area (Å²) in [6, 6.07) is 42.6. The Labute approximate surface area is 294 Å². The number of H-pyrrole nitrogens is 1. The van der Waals surface area contributed by atoms with Gasteiger partial charge in [0.15, 0.2) is 7.28 Å². The molecule has 0 fully saturated rings. The monoisotopic (exact) mass is 639 g/mol. The van der Waals surface area contributed by atoms with Crippen LogP contribution in [-0.2, 0) is 0 Å². The van der Waals surface area contributed by atoms with E-state index in [1.54, 1.807) is 0 Å². The van der Waals surface area contributed by atoms with Gasteiger partial charge in [0.1, 0.15) is 0 Å². The number of aromatic amines is 1. The van der Waals surface area contributed by atoms with E-state index in [1.807, 2.05) is 0 Å². The highest BCUT2D eigenvalue weighted by Gasteiger charge is 2.30. The number of hydrogen-bond donors (Lipinski definition) is 1. The number of nitrogens with zero attached hydrogens (tertiary/aromatic N) is 1. The molecule has 7 aromatic rings. The van der Waals surface area contributed by atoms with E-state index in [0.29, 0.717) is 0 Å². The average Bonchev–Trinajstić information content (AvgIpc) is 3.54. The van der Waals surface area contributed by atoms with Gasteiger partial charge in [0.25, 0.3) is 0 Å².